The summed E-state index contributed by atoms with van der Waals surface area (Å²) in [6, 6.07) is 0. The van der Waals surface area contributed by atoms with E-state index in [1.54, 1.807) is 7.11 Å². The van der Waals surface area contributed by atoms with Crippen LogP contribution in [0.25, 0.3) is 0 Å². The molecule has 0 radical (unpaired) electrons. The van der Waals surface area contributed by atoms with Gasteiger partial charge in [0.05, 0.1) is 5.60 Å². The van der Waals surface area contributed by atoms with Gasteiger partial charge in [-0.1, -0.05) is 13.0 Å². The number of fused-ring (bicyclic) bond motifs is 6. The Morgan fingerprint density at radius 1 is 1.21 bits per heavy atom. The Balaban J connectivity index is 1.55. The van der Waals surface area contributed by atoms with E-state index < -0.39 is 5.79 Å². The van der Waals surface area contributed by atoms with Gasteiger partial charge in [-0.25, -0.2) is 0 Å². The predicted octanol–water partition coefficient (Wildman–Crippen LogP) is 3.60. The molecule has 4 heteroatoms. The summed E-state index contributed by atoms with van der Waals surface area (Å²) in [5.74, 6) is 1.57. The number of hydrogen-bond acceptors (Lipinski definition) is 4. The van der Waals surface area contributed by atoms with Gasteiger partial charge in [0.1, 0.15) is 5.78 Å². The van der Waals surface area contributed by atoms with Crippen LogP contribution in [0, 0.1) is 23.2 Å². The first-order valence-electron chi connectivity index (χ1n) is 9.60. The van der Waals surface area contributed by atoms with Crippen LogP contribution in [0.5, 0.6) is 0 Å². The van der Waals surface area contributed by atoms with E-state index in [4.69, 9.17) is 14.2 Å². The van der Waals surface area contributed by atoms with Crippen molar-refractivity contribution in [1.82, 2.24) is 0 Å². The number of ketones is 1. The summed E-state index contributed by atoms with van der Waals surface area (Å²) >= 11 is 0. The number of allylic oxidation sites excluding steroid dienone is 1. The molecule has 24 heavy (non-hydrogen) atoms. The maximum absolute atomic E-state index is 12.5. The van der Waals surface area contributed by atoms with Crippen molar-refractivity contribution in [1.29, 1.82) is 0 Å². The zero-order valence-electron chi connectivity index (χ0n) is 14.8. The number of hydrogen-bond donors (Lipinski definition) is 0. The third-order valence-corrected chi connectivity index (χ3v) is 8.19. The largest absolute Gasteiger partial charge is 0.353 e. The van der Waals surface area contributed by atoms with Crippen molar-refractivity contribution < 1.29 is 19.0 Å². The van der Waals surface area contributed by atoms with Crippen LogP contribution >= 0.6 is 0 Å². The molecule has 0 N–H and O–H groups in total. The quantitative estimate of drug-likeness (QED) is 0.688. The maximum atomic E-state index is 12.5. The fraction of sp³-hybridized carbons (Fsp3) is 0.850. The molecule has 2 heterocycles. The van der Waals surface area contributed by atoms with E-state index in [9.17, 15) is 4.79 Å². The second kappa shape index (κ2) is 4.93. The van der Waals surface area contributed by atoms with Crippen molar-refractivity contribution in [3.8, 4) is 0 Å². The summed E-state index contributed by atoms with van der Waals surface area (Å²) in [6.45, 7) is 2.53. The van der Waals surface area contributed by atoms with Crippen LogP contribution in [-0.4, -0.2) is 31.1 Å². The van der Waals surface area contributed by atoms with Gasteiger partial charge in [0.2, 0.25) is 0 Å². The summed E-state index contributed by atoms with van der Waals surface area (Å²) in [4.78, 5) is 12.5. The molecular weight excluding hydrogens is 304 g/mol. The van der Waals surface area contributed by atoms with Crippen LogP contribution in [0.2, 0.25) is 0 Å². The first-order chi connectivity index (χ1) is 11.5. The van der Waals surface area contributed by atoms with E-state index in [0.29, 0.717) is 30.3 Å². The van der Waals surface area contributed by atoms with Crippen LogP contribution in [-0.2, 0) is 19.0 Å². The first-order valence-corrected chi connectivity index (χ1v) is 9.60. The standard InChI is InChI=1S/C20H28O4/c1-18-8-7-16-14(15(18)5-6-17(18)21)4-3-13-11-19(22-2)9-10-20(13,16)24-12-23-19/h7,13-15H,3-6,8-12H2,1-2H3/t13?,14-,15-,18-,19?,20+/m0/s1. The number of carbonyl (C=O) groups excluding carboxylic acids is 1. The van der Waals surface area contributed by atoms with Gasteiger partial charge in [0.15, 0.2) is 12.6 Å². The molecule has 3 saturated carbocycles. The zero-order chi connectivity index (χ0) is 16.6. The van der Waals surface area contributed by atoms with Crippen LogP contribution in [0.4, 0.5) is 0 Å². The third-order valence-electron chi connectivity index (χ3n) is 8.19. The second-order valence-electron chi connectivity index (χ2n) is 8.85. The Kier molecular flexibility index (Phi) is 3.19. The van der Waals surface area contributed by atoms with Crippen molar-refractivity contribution in [3.63, 3.8) is 0 Å². The highest BCUT2D eigenvalue weighted by molar-refractivity contribution is 5.87. The van der Waals surface area contributed by atoms with Crippen LogP contribution in [0.1, 0.15) is 58.3 Å². The van der Waals surface area contributed by atoms with E-state index in [1.165, 1.54) is 12.0 Å². The minimum Gasteiger partial charge on any atom is -0.353 e. The molecule has 2 bridgehead atoms. The third kappa shape index (κ3) is 1.77. The monoisotopic (exact) mass is 332 g/mol. The number of rotatable bonds is 1. The van der Waals surface area contributed by atoms with E-state index in [1.807, 2.05) is 0 Å². The van der Waals surface area contributed by atoms with Gasteiger partial charge in [-0.2, -0.15) is 0 Å². The maximum Gasteiger partial charge on any atom is 0.171 e. The van der Waals surface area contributed by atoms with Crippen LogP contribution in [0.15, 0.2) is 11.6 Å². The van der Waals surface area contributed by atoms with E-state index >= 15 is 0 Å². The number of ether oxygens (including phenoxy) is 3. The van der Waals surface area contributed by atoms with Crippen molar-refractivity contribution in [2.45, 2.75) is 69.7 Å². The molecular formula is C20H28O4. The lowest BCUT2D eigenvalue weighted by molar-refractivity contribution is -0.247. The lowest BCUT2D eigenvalue weighted by atomic mass is 9.52. The summed E-state index contributed by atoms with van der Waals surface area (Å²) in [5, 5.41) is 0. The molecule has 6 atom stereocenters. The van der Waals surface area contributed by atoms with Gasteiger partial charge in [0, 0.05) is 31.8 Å². The Morgan fingerprint density at radius 3 is 2.92 bits per heavy atom. The van der Waals surface area contributed by atoms with E-state index in [2.05, 4.69) is 13.0 Å². The highest BCUT2D eigenvalue weighted by atomic mass is 16.8. The number of Topliss-reactive ketones (excluding diaryl/α,β-unsaturated/α-hetero) is 1. The van der Waals surface area contributed by atoms with Crippen molar-refractivity contribution >= 4 is 5.78 Å². The zero-order valence-corrected chi connectivity index (χ0v) is 14.8. The molecule has 132 valence electrons. The van der Waals surface area contributed by atoms with Crippen LogP contribution < -0.4 is 0 Å². The van der Waals surface area contributed by atoms with Gasteiger partial charge in [-0.3, -0.25) is 4.79 Å². The van der Waals surface area contributed by atoms with Gasteiger partial charge < -0.3 is 14.2 Å². The SMILES string of the molecule is COC12CC[C@]3(OCO1)C1=CC[C@]4(C)C(=O)CC[C@H]4[C@@H]1CCC3C2. The molecule has 2 aliphatic heterocycles. The molecule has 0 aromatic heterocycles. The minimum atomic E-state index is -0.440. The molecule has 2 saturated heterocycles. The highest BCUT2D eigenvalue weighted by Crippen LogP contribution is 2.63. The molecule has 4 aliphatic carbocycles. The first kappa shape index (κ1) is 15.5. The molecule has 4 nitrogen and oxygen atoms in total. The average Bonchev–Trinajstić information content (AvgIpc) is 2.76. The van der Waals surface area contributed by atoms with Gasteiger partial charge in [-0.15, -0.1) is 0 Å². The normalized spacial score (nSPS) is 53.0. The lowest BCUT2D eigenvalue weighted by Crippen LogP contribution is -2.56. The second-order valence-corrected chi connectivity index (χ2v) is 8.85. The van der Waals surface area contributed by atoms with Crippen LogP contribution in [0.3, 0.4) is 0 Å². The van der Waals surface area contributed by atoms with E-state index in [-0.39, 0.29) is 11.0 Å². The summed E-state index contributed by atoms with van der Waals surface area (Å²) in [7, 11) is 1.76. The average molecular weight is 332 g/mol. The smallest absolute Gasteiger partial charge is 0.171 e. The fourth-order valence-electron chi connectivity index (χ4n) is 6.75. The van der Waals surface area contributed by atoms with Crippen molar-refractivity contribution in [2.75, 3.05) is 13.9 Å². The fourth-order valence-corrected chi connectivity index (χ4v) is 6.75. The predicted molar refractivity (Wildman–Crippen MR) is 88.1 cm³/mol. The molecule has 5 fully saturated rings. The molecule has 6 rings (SSSR count). The molecule has 1 spiro atoms. The summed E-state index contributed by atoms with van der Waals surface area (Å²) < 4.78 is 18.2. The van der Waals surface area contributed by atoms with Gasteiger partial charge in [-0.05, 0) is 55.4 Å². The topological polar surface area (TPSA) is 44.8 Å². The summed E-state index contributed by atoms with van der Waals surface area (Å²) in [5.41, 5.74) is 1.23. The Labute approximate surface area is 143 Å². The Hall–Kier alpha value is -0.710. The molecule has 0 aromatic rings. The van der Waals surface area contributed by atoms with Gasteiger partial charge >= 0.3 is 0 Å². The number of carbonyl (C=O) groups is 1. The lowest BCUT2D eigenvalue weighted by Gasteiger charge is -2.56. The molecule has 2 unspecified atom stereocenters. The van der Waals surface area contributed by atoms with Gasteiger partial charge in [0.25, 0.3) is 0 Å². The minimum absolute atomic E-state index is 0.121. The van der Waals surface area contributed by atoms with Crippen molar-refractivity contribution in [2.24, 2.45) is 23.2 Å². The number of methoxy groups -OCH3 is 1. The Morgan fingerprint density at radius 2 is 2.08 bits per heavy atom. The van der Waals surface area contributed by atoms with Crippen molar-refractivity contribution in [3.05, 3.63) is 11.6 Å². The summed E-state index contributed by atoms with van der Waals surface area (Å²) in [6.07, 6.45) is 10.3. The van der Waals surface area contributed by atoms with E-state index in [0.717, 1.165) is 44.9 Å². The molecule has 6 aliphatic rings. The molecule has 0 aromatic carbocycles. The molecule has 0 amide bonds. The highest BCUT2D eigenvalue weighted by Gasteiger charge is 2.62. The Bertz CT molecular complexity index is 613.